The largest absolute Gasteiger partial charge is 0.389 e. The molecule has 2 unspecified atom stereocenters. The van der Waals surface area contributed by atoms with Gasteiger partial charge >= 0.3 is 0 Å². The molecule has 0 radical (unpaired) electrons. The van der Waals surface area contributed by atoms with E-state index < -0.39 is 5.60 Å². The van der Waals surface area contributed by atoms with E-state index in [4.69, 9.17) is 0 Å². The van der Waals surface area contributed by atoms with Crippen molar-refractivity contribution in [2.75, 3.05) is 13.1 Å². The van der Waals surface area contributed by atoms with Crippen LogP contribution in [0, 0.1) is 11.7 Å². The Kier molecular flexibility index (Phi) is 3.26. The van der Waals surface area contributed by atoms with Crippen molar-refractivity contribution in [3.05, 3.63) is 35.6 Å². The van der Waals surface area contributed by atoms with E-state index in [-0.39, 0.29) is 11.7 Å². The lowest BCUT2D eigenvalue weighted by molar-refractivity contribution is -0.0194. The summed E-state index contributed by atoms with van der Waals surface area (Å²) in [5.74, 6) is -0.0394. The molecular weight excluding hydrogens is 205 g/mol. The first-order valence-corrected chi connectivity index (χ1v) is 5.76. The van der Waals surface area contributed by atoms with Crippen molar-refractivity contribution >= 4 is 0 Å². The van der Waals surface area contributed by atoms with Gasteiger partial charge in [-0.1, -0.05) is 18.2 Å². The maximum absolute atomic E-state index is 13.5. The molecule has 3 heteroatoms. The Balaban J connectivity index is 2.12. The number of hydrogen-bond acceptors (Lipinski definition) is 2. The summed E-state index contributed by atoms with van der Waals surface area (Å²) in [7, 11) is 0. The van der Waals surface area contributed by atoms with Gasteiger partial charge < -0.3 is 10.4 Å². The standard InChI is InChI=1S/C13H18FNO/c1-13(16)9-15-7-6-11(13)8-10-4-2-3-5-12(10)14/h2-5,11,15-16H,6-9H2,1H3. The van der Waals surface area contributed by atoms with Gasteiger partial charge in [0.15, 0.2) is 0 Å². The van der Waals surface area contributed by atoms with Crippen molar-refractivity contribution in [3.8, 4) is 0 Å². The van der Waals surface area contributed by atoms with Crippen LogP contribution >= 0.6 is 0 Å². The van der Waals surface area contributed by atoms with Crippen molar-refractivity contribution in [3.63, 3.8) is 0 Å². The fraction of sp³-hybridized carbons (Fsp3) is 0.538. The number of nitrogens with one attached hydrogen (secondary N) is 1. The zero-order valence-corrected chi connectivity index (χ0v) is 9.54. The normalized spacial score (nSPS) is 30.3. The van der Waals surface area contributed by atoms with Gasteiger partial charge in [-0.15, -0.1) is 0 Å². The van der Waals surface area contributed by atoms with Gasteiger partial charge in [-0.3, -0.25) is 0 Å². The Bertz CT molecular complexity index is 365. The van der Waals surface area contributed by atoms with Crippen LogP contribution in [0.4, 0.5) is 4.39 Å². The maximum atomic E-state index is 13.5. The Hall–Kier alpha value is -0.930. The van der Waals surface area contributed by atoms with Gasteiger partial charge in [0.1, 0.15) is 5.82 Å². The molecule has 0 spiro atoms. The van der Waals surface area contributed by atoms with Gasteiger partial charge in [0, 0.05) is 6.54 Å². The van der Waals surface area contributed by atoms with Crippen LogP contribution in [0.2, 0.25) is 0 Å². The van der Waals surface area contributed by atoms with E-state index in [1.54, 1.807) is 12.1 Å². The highest BCUT2D eigenvalue weighted by Crippen LogP contribution is 2.27. The number of piperidine rings is 1. The molecule has 1 aliphatic rings. The van der Waals surface area contributed by atoms with Crippen LogP contribution in [0.1, 0.15) is 18.9 Å². The van der Waals surface area contributed by atoms with Crippen LogP contribution in [0.3, 0.4) is 0 Å². The monoisotopic (exact) mass is 223 g/mol. The fourth-order valence-corrected chi connectivity index (χ4v) is 2.32. The van der Waals surface area contributed by atoms with E-state index >= 15 is 0 Å². The van der Waals surface area contributed by atoms with E-state index in [9.17, 15) is 9.50 Å². The number of hydrogen-bond donors (Lipinski definition) is 2. The highest BCUT2D eigenvalue weighted by Gasteiger charge is 2.34. The van der Waals surface area contributed by atoms with Crippen LogP contribution in [0.15, 0.2) is 24.3 Å². The van der Waals surface area contributed by atoms with E-state index in [2.05, 4.69) is 5.32 Å². The molecule has 0 amide bonds. The third-order valence-electron chi connectivity index (χ3n) is 3.46. The molecule has 0 aromatic heterocycles. The summed E-state index contributed by atoms with van der Waals surface area (Å²) in [6.07, 6.45) is 1.50. The first-order valence-electron chi connectivity index (χ1n) is 5.76. The van der Waals surface area contributed by atoms with E-state index in [0.717, 1.165) is 13.0 Å². The molecular formula is C13H18FNO. The van der Waals surface area contributed by atoms with Gasteiger partial charge in [-0.25, -0.2) is 4.39 Å². The molecule has 1 aromatic rings. The Morgan fingerprint density at radius 2 is 2.25 bits per heavy atom. The summed E-state index contributed by atoms with van der Waals surface area (Å²) in [6.45, 7) is 3.31. The van der Waals surface area contributed by atoms with Crippen LogP contribution in [0.25, 0.3) is 0 Å². The van der Waals surface area contributed by atoms with Crippen molar-refractivity contribution in [1.82, 2.24) is 5.32 Å². The van der Waals surface area contributed by atoms with E-state index in [1.165, 1.54) is 6.07 Å². The fourth-order valence-electron chi connectivity index (χ4n) is 2.32. The quantitative estimate of drug-likeness (QED) is 0.800. The summed E-state index contributed by atoms with van der Waals surface area (Å²) >= 11 is 0. The van der Waals surface area contributed by atoms with Crippen molar-refractivity contribution < 1.29 is 9.50 Å². The SMILES string of the molecule is CC1(O)CNCCC1Cc1ccccc1F. The van der Waals surface area contributed by atoms with Gasteiger partial charge in [0.05, 0.1) is 5.60 Å². The lowest BCUT2D eigenvalue weighted by Gasteiger charge is -2.37. The third kappa shape index (κ3) is 2.42. The molecule has 88 valence electrons. The van der Waals surface area contributed by atoms with Crippen LogP contribution in [0.5, 0.6) is 0 Å². The molecule has 2 atom stereocenters. The zero-order chi connectivity index (χ0) is 11.6. The molecule has 1 saturated heterocycles. The first kappa shape index (κ1) is 11.6. The topological polar surface area (TPSA) is 32.3 Å². The molecule has 1 aliphatic heterocycles. The van der Waals surface area contributed by atoms with Crippen molar-refractivity contribution in [2.24, 2.45) is 5.92 Å². The Morgan fingerprint density at radius 3 is 2.94 bits per heavy atom. The van der Waals surface area contributed by atoms with Crippen LogP contribution in [-0.2, 0) is 6.42 Å². The van der Waals surface area contributed by atoms with Crippen molar-refractivity contribution in [1.29, 1.82) is 0 Å². The third-order valence-corrected chi connectivity index (χ3v) is 3.46. The molecule has 1 fully saturated rings. The lowest BCUT2D eigenvalue weighted by atomic mass is 9.79. The maximum Gasteiger partial charge on any atom is 0.126 e. The second-order valence-electron chi connectivity index (χ2n) is 4.82. The highest BCUT2D eigenvalue weighted by molar-refractivity contribution is 5.18. The summed E-state index contributed by atoms with van der Waals surface area (Å²) < 4.78 is 13.5. The minimum Gasteiger partial charge on any atom is -0.389 e. The van der Waals surface area contributed by atoms with Crippen LogP contribution < -0.4 is 5.32 Å². The summed E-state index contributed by atoms with van der Waals surface area (Å²) in [5.41, 5.74) is -0.0322. The molecule has 2 N–H and O–H groups in total. The predicted octanol–water partition coefficient (Wildman–Crippen LogP) is 1.73. The Labute approximate surface area is 95.5 Å². The molecule has 0 saturated carbocycles. The zero-order valence-electron chi connectivity index (χ0n) is 9.54. The molecule has 1 heterocycles. The second kappa shape index (κ2) is 4.52. The molecule has 2 rings (SSSR count). The second-order valence-corrected chi connectivity index (χ2v) is 4.82. The lowest BCUT2D eigenvalue weighted by Crippen LogP contribution is -2.50. The minimum atomic E-state index is -0.736. The number of rotatable bonds is 2. The molecule has 16 heavy (non-hydrogen) atoms. The summed E-state index contributed by atoms with van der Waals surface area (Å²) in [4.78, 5) is 0. The summed E-state index contributed by atoms with van der Waals surface area (Å²) in [6, 6.07) is 6.81. The Morgan fingerprint density at radius 1 is 1.50 bits per heavy atom. The van der Waals surface area contributed by atoms with Crippen LogP contribution in [-0.4, -0.2) is 23.8 Å². The average molecular weight is 223 g/mol. The molecule has 2 nitrogen and oxygen atoms in total. The molecule has 0 bridgehead atoms. The van der Waals surface area contributed by atoms with E-state index in [0.29, 0.717) is 18.5 Å². The molecule has 0 aliphatic carbocycles. The summed E-state index contributed by atoms with van der Waals surface area (Å²) in [5, 5.41) is 13.4. The van der Waals surface area contributed by atoms with Crippen molar-refractivity contribution in [2.45, 2.75) is 25.4 Å². The van der Waals surface area contributed by atoms with E-state index in [1.807, 2.05) is 13.0 Å². The minimum absolute atomic E-state index is 0.130. The number of halogens is 1. The average Bonchev–Trinajstić information content (AvgIpc) is 2.24. The van der Waals surface area contributed by atoms with Gasteiger partial charge in [-0.2, -0.15) is 0 Å². The first-order chi connectivity index (χ1) is 7.59. The number of β-amino-alcohol motifs (C(OH)–C–C–N with tert-alkyl or cyclic N) is 1. The highest BCUT2D eigenvalue weighted by atomic mass is 19.1. The molecule has 1 aromatic carbocycles. The smallest absolute Gasteiger partial charge is 0.126 e. The van der Waals surface area contributed by atoms with Gasteiger partial charge in [0.2, 0.25) is 0 Å². The predicted molar refractivity (Wildman–Crippen MR) is 61.7 cm³/mol. The van der Waals surface area contributed by atoms with Gasteiger partial charge in [0.25, 0.3) is 0 Å². The van der Waals surface area contributed by atoms with Gasteiger partial charge in [-0.05, 0) is 43.9 Å². The number of benzene rings is 1. The number of aliphatic hydroxyl groups is 1.